The lowest BCUT2D eigenvalue weighted by Crippen LogP contribution is -2.48. The van der Waals surface area contributed by atoms with Gasteiger partial charge < -0.3 is 10.5 Å². The van der Waals surface area contributed by atoms with Crippen molar-refractivity contribution in [3.8, 4) is 0 Å². The normalized spacial score (nSPS) is 16.2. The maximum atomic E-state index is 12.6. The number of carbonyl (C=O) groups excluding carboxylic acids is 1. The highest BCUT2D eigenvalue weighted by Gasteiger charge is 2.45. The van der Waals surface area contributed by atoms with Gasteiger partial charge in [0.15, 0.2) is 0 Å². The second-order valence-corrected chi connectivity index (χ2v) is 5.35. The van der Waals surface area contributed by atoms with Crippen LogP contribution >= 0.6 is 0 Å². The van der Waals surface area contributed by atoms with Gasteiger partial charge in [-0.2, -0.15) is 13.2 Å². The van der Waals surface area contributed by atoms with E-state index in [4.69, 9.17) is 10.5 Å². The van der Waals surface area contributed by atoms with Crippen molar-refractivity contribution in [1.82, 2.24) is 0 Å². The van der Waals surface area contributed by atoms with Crippen molar-refractivity contribution in [1.29, 1.82) is 0 Å². The van der Waals surface area contributed by atoms with Crippen LogP contribution in [0.1, 0.15) is 47.0 Å². The molecule has 0 aromatic carbocycles. The average Bonchev–Trinajstić information content (AvgIpc) is 2.13. The van der Waals surface area contributed by atoms with E-state index >= 15 is 0 Å². The second kappa shape index (κ2) is 6.41. The molecule has 0 aliphatic heterocycles. The highest BCUT2D eigenvalue weighted by Crippen LogP contribution is 2.28. The molecule has 0 unspecified atom stereocenters. The first kappa shape index (κ1) is 17.2. The summed E-state index contributed by atoms with van der Waals surface area (Å²) < 4.78 is 42.8. The van der Waals surface area contributed by atoms with E-state index in [0.717, 1.165) is 0 Å². The number of alkyl halides is 3. The van der Waals surface area contributed by atoms with E-state index in [1.807, 2.05) is 6.92 Å². The molecule has 18 heavy (non-hydrogen) atoms. The molecule has 0 saturated carbocycles. The minimum absolute atomic E-state index is 0.0894. The van der Waals surface area contributed by atoms with Gasteiger partial charge in [-0.15, -0.1) is 0 Å². The van der Waals surface area contributed by atoms with Crippen molar-refractivity contribution in [2.24, 2.45) is 11.7 Å². The van der Waals surface area contributed by atoms with Gasteiger partial charge in [0.2, 0.25) is 0 Å². The third-order valence-electron chi connectivity index (χ3n) is 2.39. The zero-order chi connectivity index (χ0) is 14.6. The van der Waals surface area contributed by atoms with Crippen molar-refractivity contribution in [2.75, 3.05) is 0 Å². The number of hydrogen-bond acceptors (Lipinski definition) is 3. The SMILES string of the molecule is CCCC[C@H](C(=O)OC(C)(C)C)[C@H](N)C(F)(F)F. The number of hydrogen-bond donors (Lipinski definition) is 1. The molecule has 0 aliphatic rings. The van der Waals surface area contributed by atoms with Gasteiger partial charge in [-0.3, -0.25) is 4.79 Å². The molecule has 0 bridgehead atoms. The molecule has 0 spiro atoms. The first-order valence-corrected chi connectivity index (χ1v) is 6.04. The summed E-state index contributed by atoms with van der Waals surface area (Å²) in [5, 5.41) is 0. The number of halogens is 3. The first-order valence-electron chi connectivity index (χ1n) is 6.04. The van der Waals surface area contributed by atoms with Gasteiger partial charge in [0.25, 0.3) is 0 Å². The number of rotatable bonds is 5. The van der Waals surface area contributed by atoms with Gasteiger partial charge in [-0.1, -0.05) is 19.8 Å². The third kappa shape index (κ3) is 6.23. The molecule has 0 aromatic rings. The Bertz CT molecular complexity index is 271. The van der Waals surface area contributed by atoms with E-state index in [2.05, 4.69) is 0 Å². The van der Waals surface area contributed by atoms with Crippen LogP contribution in [0.3, 0.4) is 0 Å². The topological polar surface area (TPSA) is 52.3 Å². The molecule has 6 heteroatoms. The number of unbranched alkanes of at least 4 members (excludes halogenated alkanes) is 1. The van der Waals surface area contributed by atoms with Crippen molar-refractivity contribution in [3.05, 3.63) is 0 Å². The maximum absolute atomic E-state index is 12.6. The van der Waals surface area contributed by atoms with Gasteiger partial charge in [0.1, 0.15) is 11.6 Å². The highest BCUT2D eigenvalue weighted by molar-refractivity contribution is 5.73. The second-order valence-electron chi connectivity index (χ2n) is 5.35. The summed E-state index contributed by atoms with van der Waals surface area (Å²) >= 11 is 0. The molecular formula is C12H22F3NO2. The van der Waals surface area contributed by atoms with E-state index in [9.17, 15) is 18.0 Å². The molecule has 2 N–H and O–H groups in total. The Balaban J connectivity index is 4.83. The molecule has 0 saturated heterocycles. The Labute approximate surface area is 106 Å². The van der Waals surface area contributed by atoms with Gasteiger partial charge in [-0.05, 0) is 27.2 Å². The summed E-state index contributed by atoms with van der Waals surface area (Å²) in [6.07, 6.45) is -3.29. The lowest BCUT2D eigenvalue weighted by Gasteiger charge is -2.28. The Morgan fingerprint density at radius 3 is 2.11 bits per heavy atom. The molecule has 0 rings (SSSR count). The monoisotopic (exact) mass is 269 g/mol. The zero-order valence-electron chi connectivity index (χ0n) is 11.3. The standard InChI is InChI=1S/C12H22F3NO2/c1-5-6-7-8(9(16)12(13,14)15)10(17)18-11(2,3)4/h8-9H,5-7,16H2,1-4H3/t8-,9-/m0/s1. The largest absolute Gasteiger partial charge is 0.460 e. The van der Waals surface area contributed by atoms with E-state index in [0.29, 0.717) is 12.8 Å². The van der Waals surface area contributed by atoms with Gasteiger partial charge in [-0.25, -0.2) is 0 Å². The predicted octanol–water partition coefficient (Wildman–Crippen LogP) is 3.02. The Kier molecular flexibility index (Phi) is 6.13. The predicted molar refractivity (Wildman–Crippen MR) is 62.9 cm³/mol. The third-order valence-corrected chi connectivity index (χ3v) is 2.39. The molecule has 2 atom stereocenters. The van der Waals surface area contributed by atoms with Crippen molar-refractivity contribution >= 4 is 5.97 Å². The molecule has 0 radical (unpaired) electrons. The maximum Gasteiger partial charge on any atom is 0.404 e. The summed E-state index contributed by atoms with van der Waals surface area (Å²) in [7, 11) is 0. The fourth-order valence-electron chi connectivity index (χ4n) is 1.47. The van der Waals surface area contributed by atoms with Crippen LogP contribution in [0, 0.1) is 5.92 Å². The van der Waals surface area contributed by atoms with Crippen LogP contribution in [0.15, 0.2) is 0 Å². The smallest absolute Gasteiger partial charge is 0.404 e. The summed E-state index contributed by atoms with van der Waals surface area (Å²) in [6.45, 7) is 6.67. The Morgan fingerprint density at radius 1 is 1.28 bits per heavy atom. The molecule has 3 nitrogen and oxygen atoms in total. The number of nitrogens with two attached hydrogens (primary N) is 1. The van der Waals surface area contributed by atoms with Gasteiger partial charge >= 0.3 is 12.1 Å². The quantitative estimate of drug-likeness (QED) is 0.780. The number of carbonyl (C=O) groups is 1. The highest BCUT2D eigenvalue weighted by atomic mass is 19.4. The van der Waals surface area contributed by atoms with Crippen LogP contribution in [0.5, 0.6) is 0 Å². The van der Waals surface area contributed by atoms with Crippen LogP contribution in [-0.2, 0) is 9.53 Å². The molecule has 0 aliphatic carbocycles. The molecule has 108 valence electrons. The fourth-order valence-corrected chi connectivity index (χ4v) is 1.47. The van der Waals surface area contributed by atoms with Crippen LogP contribution in [0.2, 0.25) is 0 Å². The van der Waals surface area contributed by atoms with Gasteiger partial charge in [0, 0.05) is 0 Å². The van der Waals surface area contributed by atoms with Crippen LogP contribution in [0.4, 0.5) is 13.2 Å². The zero-order valence-corrected chi connectivity index (χ0v) is 11.3. The van der Waals surface area contributed by atoms with E-state index in [-0.39, 0.29) is 6.42 Å². The minimum atomic E-state index is -4.59. The van der Waals surface area contributed by atoms with Crippen molar-refractivity contribution < 1.29 is 22.7 Å². The Morgan fingerprint density at radius 2 is 1.78 bits per heavy atom. The molecule has 0 heterocycles. The first-order chi connectivity index (χ1) is 7.99. The van der Waals surface area contributed by atoms with E-state index in [1.54, 1.807) is 20.8 Å². The van der Waals surface area contributed by atoms with Crippen LogP contribution < -0.4 is 5.73 Å². The lowest BCUT2D eigenvalue weighted by molar-refractivity contribution is -0.183. The molecular weight excluding hydrogens is 247 g/mol. The van der Waals surface area contributed by atoms with E-state index in [1.165, 1.54) is 0 Å². The number of ether oxygens (including phenoxy) is 1. The van der Waals surface area contributed by atoms with Crippen molar-refractivity contribution in [2.45, 2.75) is 64.8 Å². The van der Waals surface area contributed by atoms with Crippen LogP contribution in [0.25, 0.3) is 0 Å². The number of esters is 1. The average molecular weight is 269 g/mol. The van der Waals surface area contributed by atoms with Crippen molar-refractivity contribution in [3.63, 3.8) is 0 Å². The molecule has 0 aromatic heterocycles. The minimum Gasteiger partial charge on any atom is -0.460 e. The molecule has 0 fully saturated rings. The van der Waals surface area contributed by atoms with Crippen LogP contribution in [-0.4, -0.2) is 23.8 Å². The molecule has 0 amide bonds. The fraction of sp³-hybridized carbons (Fsp3) is 0.917. The summed E-state index contributed by atoms with van der Waals surface area (Å²) in [6, 6.07) is -2.17. The summed E-state index contributed by atoms with van der Waals surface area (Å²) in [5.41, 5.74) is 4.32. The van der Waals surface area contributed by atoms with Gasteiger partial charge in [0.05, 0.1) is 5.92 Å². The van der Waals surface area contributed by atoms with E-state index < -0.39 is 29.7 Å². The summed E-state index contributed by atoms with van der Waals surface area (Å²) in [5.74, 6) is -2.20. The Hall–Kier alpha value is -0.780. The lowest BCUT2D eigenvalue weighted by atomic mass is 9.93. The summed E-state index contributed by atoms with van der Waals surface area (Å²) in [4.78, 5) is 11.8.